The molecule has 0 unspecified atom stereocenters. The zero-order chi connectivity index (χ0) is 16.5. The highest BCUT2D eigenvalue weighted by molar-refractivity contribution is 7.91. The van der Waals surface area contributed by atoms with Crippen LogP contribution < -0.4 is 0 Å². The van der Waals surface area contributed by atoms with Crippen LogP contribution in [0.2, 0.25) is 0 Å². The summed E-state index contributed by atoms with van der Waals surface area (Å²) >= 11 is 0. The normalized spacial score (nSPS) is 12.5. The Morgan fingerprint density at radius 3 is 1.95 bits per heavy atom. The summed E-state index contributed by atoms with van der Waals surface area (Å²) in [5.74, 6) is 0.116. The third kappa shape index (κ3) is 5.73. The largest absolute Gasteiger partial charge is 0.396 e. The number of unbranched alkanes of at least 4 members (excludes halogenated alkanes) is 2. The predicted octanol–water partition coefficient (Wildman–Crippen LogP) is 4.21. The number of benzene rings is 1. The summed E-state index contributed by atoms with van der Waals surface area (Å²) in [5, 5.41) is 9.90. The van der Waals surface area contributed by atoms with Gasteiger partial charge in [-0.25, -0.2) is 8.42 Å². The summed E-state index contributed by atoms with van der Waals surface area (Å²) in [4.78, 5) is 0.382. The minimum Gasteiger partial charge on any atom is -0.396 e. The van der Waals surface area contributed by atoms with Gasteiger partial charge in [-0.2, -0.15) is 0 Å². The Morgan fingerprint density at radius 2 is 1.50 bits per heavy atom. The molecule has 0 heterocycles. The van der Waals surface area contributed by atoms with Crippen molar-refractivity contribution < 1.29 is 13.5 Å². The predicted molar refractivity (Wildman–Crippen MR) is 91.7 cm³/mol. The Balaban J connectivity index is 2.80. The average Bonchev–Trinajstić information content (AvgIpc) is 2.55. The molecule has 0 atom stereocenters. The van der Waals surface area contributed by atoms with Crippen molar-refractivity contribution in [3.63, 3.8) is 0 Å². The highest BCUT2D eigenvalue weighted by Crippen LogP contribution is 2.35. The molecule has 0 aliphatic heterocycles. The molecule has 4 heteroatoms. The third-order valence-electron chi connectivity index (χ3n) is 4.46. The minimum absolute atomic E-state index is 0.0807. The average molecular weight is 327 g/mol. The van der Waals surface area contributed by atoms with E-state index in [0.717, 1.165) is 38.5 Å². The Hall–Kier alpha value is -0.870. The van der Waals surface area contributed by atoms with E-state index in [1.807, 2.05) is 6.07 Å². The van der Waals surface area contributed by atoms with E-state index in [4.69, 9.17) is 0 Å². The molecular formula is C18H30O3S. The smallest absolute Gasteiger partial charge is 0.178 e. The number of rotatable bonds is 11. The minimum atomic E-state index is -3.26. The highest BCUT2D eigenvalue weighted by atomic mass is 32.2. The first-order valence-electron chi connectivity index (χ1n) is 8.38. The van der Waals surface area contributed by atoms with Crippen LogP contribution in [0.5, 0.6) is 0 Å². The molecule has 1 aromatic carbocycles. The van der Waals surface area contributed by atoms with Crippen LogP contribution in [0, 0.1) is 5.41 Å². The second-order valence-electron chi connectivity index (χ2n) is 6.25. The van der Waals surface area contributed by atoms with Crippen LogP contribution in [0.4, 0.5) is 0 Å². The van der Waals surface area contributed by atoms with E-state index >= 15 is 0 Å². The van der Waals surface area contributed by atoms with Gasteiger partial charge >= 0.3 is 0 Å². The lowest BCUT2D eigenvalue weighted by atomic mass is 9.77. The molecule has 0 aliphatic rings. The summed E-state index contributed by atoms with van der Waals surface area (Å²) in [6.07, 6.45) is 6.57. The fraction of sp³-hybridized carbons (Fsp3) is 0.667. The second kappa shape index (κ2) is 9.31. The first-order valence-corrected chi connectivity index (χ1v) is 10.0. The standard InChI is InChI=1S/C18H30O3S/c1-3-5-12-18(16-19,13-6-4-2)14-15-22(20,21)17-10-8-7-9-11-17/h7-11,19H,3-6,12-16H2,1-2H3. The molecule has 22 heavy (non-hydrogen) atoms. The maximum atomic E-state index is 12.5. The Bertz CT molecular complexity index is 500. The first kappa shape index (κ1) is 19.2. The number of aliphatic hydroxyl groups excluding tert-OH is 1. The molecule has 0 spiro atoms. The number of hydrogen-bond donors (Lipinski definition) is 1. The van der Waals surface area contributed by atoms with E-state index in [0.29, 0.717) is 11.3 Å². The van der Waals surface area contributed by atoms with Crippen LogP contribution >= 0.6 is 0 Å². The van der Waals surface area contributed by atoms with E-state index in [-0.39, 0.29) is 17.8 Å². The van der Waals surface area contributed by atoms with E-state index in [2.05, 4.69) is 13.8 Å². The fourth-order valence-corrected chi connectivity index (χ4v) is 4.32. The second-order valence-corrected chi connectivity index (χ2v) is 8.36. The maximum absolute atomic E-state index is 12.5. The molecule has 0 amide bonds. The fourth-order valence-electron chi connectivity index (χ4n) is 2.81. The van der Waals surface area contributed by atoms with Crippen molar-refractivity contribution in [1.82, 2.24) is 0 Å². The zero-order valence-electron chi connectivity index (χ0n) is 13.9. The van der Waals surface area contributed by atoms with Gasteiger partial charge < -0.3 is 5.11 Å². The molecule has 0 radical (unpaired) electrons. The topological polar surface area (TPSA) is 54.4 Å². The zero-order valence-corrected chi connectivity index (χ0v) is 14.7. The summed E-state index contributed by atoms with van der Waals surface area (Å²) in [7, 11) is -3.26. The van der Waals surface area contributed by atoms with Gasteiger partial charge in [0.25, 0.3) is 0 Å². The molecule has 1 aromatic rings. The quantitative estimate of drug-likeness (QED) is 0.663. The van der Waals surface area contributed by atoms with Crippen molar-refractivity contribution in [3.05, 3.63) is 30.3 Å². The summed E-state index contributed by atoms with van der Waals surface area (Å²) in [6.45, 7) is 4.34. The maximum Gasteiger partial charge on any atom is 0.178 e. The van der Waals surface area contributed by atoms with Gasteiger partial charge in [0, 0.05) is 6.61 Å². The van der Waals surface area contributed by atoms with Gasteiger partial charge in [-0.05, 0) is 36.8 Å². The molecule has 0 saturated heterocycles. The van der Waals surface area contributed by atoms with Gasteiger partial charge in [0.2, 0.25) is 0 Å². The highest BCUT2D eigenvalue weighted by Gasteiger charge is 2.30. The summed E-state index contributed by atoms with van der Waals surface area (Å²) in [5.41, 5.74) is -0.242. The molecule has 0 aliphatic carbocycles. The molecule has 3 nitrogen and oxygen atoms in total. The van der Waals surface area contributed by atoms with Gasteiger partial charge in [0.1, 0.15) is 0 Å². The Labute approximate surface area is 135 Å². The van der Waals surface area contributed by atoms with Crippen LogP contribution in [0.15, 0.2) is 35.2 Å². The Kier molecular flexibility index (Phi) is 8.12. The molecule has 0 bridgehead atoms. The van der Waals surface area contributed by atoms with Crippen LogP contribution in [0.3, 0.4) is 0 Å². The molecule has 126 valence electrons. The molecule has 1 rings (SSSR count). The van der Waals surface area contributed by atoms with E-state index < -0.39 is 9.84 Å². The summed E-state index contributed by atoms with van der Waals surface area (Å²) in [6, 6.07) is 8.61. The van der Waals surface area contributed by atoms with E-state index in [1.54, 1.807) is 24.3 Å². The van der Waals surface area contributed by atoms with Crippen LogP contribution in [-0.2, 0) is 9.84 Å². The molecule has 0 fully saturated rings. The van der Waals surface area contributed by atoms with Gasteiger partial charge in [-0.1, -0.05) is 57.7 Å². The lowest BCUT2D eigenvalue weighted by molar-refractivity contribution is 0.0958. The van der Waals surface area contributed by atoms with E-state index in [1.165, 1.54) is 0 Å². The number of aliphatic hydroxyl groups is 1. The summed E-state index contributed by atoms with van der Waals surface area (Å²) < 4.78 is 24.9. The number of hydrogen-bond acceptors (Lipinski definition) is 3. The van der Waals surface area contributed by atoms with Crippen molar-refractivity contribution in [2.45, 2.75) is 63.7 Å². The first-order chi connectivity index (χ1) is 10.5. The third-order valence-corrected chi connectivity index (χ3v) is 6.19. The van der Waals surface area contributed by atoms with Gasteiger partial charge in [-0.3, -0.25) is 0 Å². The SMILES string of the molecule is CCCCC(CO)(CCCC)CCS(=O)(=O)c1ccccc1. The molecule has 0 saturated carbocycles. The molecule has 0 aromatic heterocycles. The molecule has 1 N–H and O–H groups in total. The lowest BCUT2D eigenvalue weighted by Gasteiger charge is -2.32. The van der Waals surface area contributed by atoms with Crippen molar-refractivity contribution >= 4 is 9.84 Å². The van der Waals surface area contributed by atoms with Crippen molar-refractivity contribution in [1.29, 1.82) is 0 Å². The van der Waals surface area contributed by atoms with Crippen molar-refractivity contribution in [3.8, 4) is 0 Å². The van der Waals surface area contributed by atoms with Crippen LogP contribution in [0.1, 0.15) is 58.8 Å². The number of sulfone groups is 1. The Morgan fingerprint density at radius 1 is 0.955 bits per heavy atom. The molecular weight excluding hydrogens is 296 g/mol. The van der Waals surface area contributed by atoms with Gasteiger partial charge in [-0.15, -0.1) is 0 Å². The monoisotopic (exact) mass is 326 g/mol. The van der Waals surface area contributed by atoms with E-state index in [9.17, 15) is 13.5 Å². The van der Waals surface area contributed by atoms with Crippen molar-refractivity contribution in [2.24, 2.45) is 5.41 Å². The van der Waals surface area contributed by atoms with Gasteiger partial charge in [0.15, 0.2) is 9.84 Å². The van der Waals surface area contributed by atoms with Gasteiger partial charge in [0.05, 0.1) is 10.6 Å². The van der Waals surface area contributed by atoms with Crippen molar-refractivity contribution in [2.75, 3.05) is 12.4 Å². The lowest BCUT2D eigenvalue weighted by Crippen LogP contribution is -2.28. The van der Waals surface area contributed by atoms with Crippen LogP contribution in [-0.4, -0.2) is 25.9 Å². The van der Waals surface area contributed by atoms with Crippen LogP contribution in [0.25, 0.3) is 0 Å².